The average molecular weight is 273 g/mol. The predicted molar refractivity (Wildman–Crippen MR) is 76.6 cm³/mol. The molecule has 0 bridgehead atoms. The van der Waals surface area contributed by atoms with Crippen LogP contribution in [0.2, 0.25) is 0 Å². The number of aromatic nitrogens is 2. The smallest absolute Gasteiger partial charge is 0.273 e. The van der Waals surface area contributed by atoms with Crippen molar-refractivity contribution in [1.82, 2.24) is 14.9 Å². The molecule has 0 aromatic carbocycles. The van der Waals surface area contributed by atoms with Gasteiger partial charge in [-0.3, -0.25) is 9.78 Å². The maximum atomic E-state index is 12.6. The summed E-state index contributed by atoms with van der Waals surface area (Å²) in [5, 5.41) is 0.894. The van der Waals surface area contributed by atoms with Crippen LogP contribution in [-0.2, 0) is 4.74 Å². The molecule has 106 valence electrons. The Labute approximate surface area is 117 Å². The molecule has 1 aliphatic rings. The summed E-state index contributed by atoms with van der Waals surface area (Å²) in [6.07, 6.45) is 4.53. The van der Waals surface area contributed by atoms with Crippen LogP contribution >= 0.6 is 0 Å². The van der Waals surface area contributed by atoms with E-state index >= 15 is 0 Å². The number of aromatic amines is 1. The number of nitrogens with one attached hydrogen (secondary N) is 1. The summed E-state index contributed by atoms with van der Waals surface area (Å²) in [7, 11) is 0. The van der Waals surface area contributed by atoms with Crippen molar-refractivity contribution in [1.29, 1.82) is 0 Å². The normalized spacial score (nSPS) is 18.9. The fourth-order valence-corrected chi connectivity index (χ4v) is 2.74. The van der Waals surface area contributed by atoms with Gasteiger partial charge in [-0.2, -0.15) is 0 Å². The van der Waals surface area contributed by atoms with E-state index in [1.54, 1.807) is 6.20 Å². The number of hydrogen-bond acceptors (Lipinski definition) is 3. The minimum atomic E-state index is 0.0224. The first kappa shape index (κ1) is 13.1. The molecule has 1 N–H and O–H groups in total. The van der Waals surface area contributed by atoms with Gasteiger partial charge in [0.2, 0.25) is 0 Å². The SMILES string of the molecule is CCOC[C@@H]1CCN(C(=O)c2nccc3[nH]ccc23)C1. The topological polar surface area (TPSA) is 58.2 Å². The lowest BCUT2D eigenvalue weighted by atomic mass is 10.1. The van der Waals surface area contributed by atoms with Gasteiger partial charge < -0.3 is 14.6 Å². The minimum Gasteiger partial charge on any atom is -0.381 e. The summed E-state index contributed by atoms with van der Waals surface area (Å²) in [4.78, 5) is 21.9. The standard InChI is InChI=1S/C15H19N3O2/c1-2-20-10-11-5-8-18(9-11)15(19)14-12-3-6-16-13(12)4-7-17-14/h3-4,6-7,11,16H,2,5,8-10H2,1H3/t11-/m1/s1. The van der Waals surface area contributed by atoms with Gasteiger partial charge >= 0.3 is 0 Å². The van der Waals surface area contributed by atoms with Gasteiger partial charge in [-0.25, -0.2) is 0 Å². The van der Waals surface area contributed by atoms with E-state index in [4.69, 9.17) is 4.74 Å². The maximum Gasteiger partial charge on any atom is 0.273 e. The number of rotatable bonds is 4. The van der Waals surface area contributed by atoms with Crippen molar-refractivity contribution in [2.24, 2.45) is 5.92 Å². The Morgan fingerprint density at radius 1 is 1.55 bits per heavy atom. The van der Waals surface area contributed by atoms with Gasteiger partial charge in [-0.1, -0.05) is 0 Å². The molecule has 5 nitrogen and oxygen atoms in total. The molecule has 3 heterocycles. The second kappa shape index (κ2) is 5.63. The zero-order valence-corrected chi connectivity index (χ0v) is 11.6. The third-order valence-corrected chi connectivity index (χ3v) is 3.81. The molecule has 5 heteroatoms. The highest BCUT2D eigenvalue weighted by Gasteiger charge is 2.28. The molecule has 1 saturated heterocycles. The van der Waals surface area contributed by atoms with Crippen molar-refractivity contribution in [2.75, 3.05) is 26.3 Å². The van der Waals surface area contributed by atoms with Crippen LogP contribution in [0.3, 0.4) is 0 Å². The van der Waals surface area contributed by atoms with Crippen molar-refractivity contribution >= 4 is 16.8 Å². The first-order valence-electron chi connectivity index (χ1n) is 7.08. The molecule has 0 radical (unpaired) electrons. The molecule has 0 unspecified atom stereocenters. The molecule has 2 aromatic heterocycles. The average Bonchev–Trinajstić information content (AvgIpc) is 3.12. The molecule has 0 aliphatic carbocycles. The number of hydrogen-bond donors (Lipinski definition) is 1. The molecule has 1 amide bonds. The van der Waals surface area contributed by atoms with Crippen LogP contribution in [-0.4, -0.2) is 47.1 Å². The Morgan fingerprint density at radius 2 is 2.45 bits per heavy atom. The zero-order chi connectivity index (χ0) is 13.9. The molecule has 20 heavy (non-hydrogen) atoms. The molecular weight excluding hydrogens is 254 g/mol. The first-order chi connectivity index (χ1) is 9.79. The quantitative estimate of drug-likeness (QED) is 0.927. The van der Waals surface area contributed by atoms with Crippen LogP contribution in [0.5, 0.6) is 0 Å². The summed E-state index contributed by atoms with van der Waals surface area (Å²) in [5.74, 6) is 0.471. The lowest BCUT2D eigenvalue weighted by Gasteiger charge is -2.16. The first-order valence-corrected chi connectivity index (χ1v) is 7.08. The molecule has 0 spiro atoms. The van der Waals surface area contributed by atoms with E-state index < -0.39 is 0 Å². The van der Waals surface area contributed by atoms with E-state index in [1.165, 1.54) is 0 Å². The summed E-state index contributed by atoms with van der Waals surface area (Å²) >= 11 is 0. The maximum absolute atomic E-state index is 12.6. The van der Waals surface area contributed by atoms with Crippen LogP contribution in [0.15, 0.2) is 24.5 Å². The third kappa shape index (κ3) is 2.41. The number of pyridine rings is 1. The van der Waals surface area contributed by atoms with Crippen LogP contribution < -0.4 is 0 Å². The van der Waals surface area contributed by atoms with E-state index in [0.29, 0.717) is 11.6 Å². The molecular formula is C15H19N3O2. The van der Waals surface area contributed by atoms with Crippen LogP contribution in [0.25, 0.3) is 10.9 Å². The summed E-state index contributed by atoms with van der Waals surface area (Å²) < 4.78 is 5.45. The van der Waals surface area contributed by atoms with Gasteiger partial charge in [0.1, 0.15) is 5.69 Å². The van der Waals surface area contributed by atoms with Gasteiger partial charge in [-0.15, -0.1) is 0 Å². The van der Waals surface area contributed by atoms with Crippen molar-refractivity contribution in [3.8, 4) is 0 Å². The molecule has 1 aliphatic heterocycles. The second-order valence-corrected chi connectivity index (χ2v) is 5.16. The number of nitrogens with zero attached hydrogens (tertiary/aromatic N) is 2. The van der Waals surface area contributed by atoms with E-state index in [-0.39, 0.29) is 5.91 Å². The van der Waals surface area contributed by atoms with Gasteiger partial charge in [0.15, 0.2) is 0 Å². The molecule has 2 aromatic rings. The monoisotopic (exact) mass is 273 g/mol. The number of likely N-dealkylation sites (tertiary alicyclic amines) is 1. The van der Waals surface area contributed by atoms with Gasteiger partial charge in [-0.05, 0) is 25.5 Å². The van der Waals surface area contributed by atoms with Crippen LogP contribution in [0.4, 0.5) is 0 Å². The number of fused-ring (bicyclic) bond motifs is 1. The number of H-pyrrole nitrogens is 1. The number of ether oxygens (including phenoxy) is 1. The Kier molecular flexibility index (Phi) is 3.69. The van der Waals surface area contributed by atoms with Gasteiger partial charge in [0.05, 0.1) is 6.61 Å². The Balaban J connectivity index is 1.75. The highest BCUT2D eigenvalue weighted by atomic mass is 16.5. The number of amides is 1. The highest BCUT2D eigenvalue weighted by Crippen LogP contribution is 2.22. The third-order valence-electron chi connectivity index (χ3n) is 3.81. The lowest BCUT2D eigenvalue weighted by Crippen LogP contribution is -2.30. The molecule has 1 atom stereocenters. The Hall–Kier alpha value is -1.88. The van der Waals surface area contributed by atoms with E-state index in [2.05, 4.69) is 9.97 Å². The van der Waals surface area contributed by atoms with E-state index in [0.717, 1.165) is 43.6 Å². The summed E-state index contributed by atoms with van der Waals surface area (Å²) in [6.45, 7) is 5.02. The van der Waals surface area contributed by atoms with Crippen molar-refractivity contribution in [3.63, 3.8) is 0 Å². The van der Waals surface area contributed by atoms with E-state index in [1.807, 2.05) is 30.2 Å². The molecule has 1 fully saturated rings. The largest absolute Gasteiger partial charge is 0.381 e. The molecule has 0 saturated carbocycles. The zero-order valence-electron chi connectivity index (χ0n) is 11.6. The van der Waals surface area contributed by atoms with Crippen molar-refractivity contribution in [3.05, 3.63) is 30.2 Å². The lowest BCUT2D eigenvalue weighted by molar-refractivity contribution is 0.0759. The minimum absolute atomic E-state index is 0.0224. The van der Waals surface area contributed by atoms with Crippen LogP contribution in [0, 0.1) is 5.92 Å². The van der Waals surface area contributed by atoms with E-state index in [9.17, 15) is 4.79 Å². The number of carbonyl (C=O) groups is 1. The van der Waals surface area contributed by atoms with Gasteiger partial charge in [0.25, 0.3) is 5.91 Å². The van der Waals surface area contributed by atoms with Crippen LogP contribution in [0.1, 0.15) is 23.8 Å². The summed E-state index contributed by atoms with van der Waals surface area (Å²) in [6, 6.07) is 3.79. The fraction of sp³-hybridized carbons (Fsp3) is 0.467. The predicted octanol–water partition coefficient (Wildman–Crippen LogP) is 2.06. The second-order valence-electron chi connectivity index (χ2n) is 5.16. The summed E-state index contributed by atoms with van der Waals surface area (Å²) in [5.41, 5.74) is 1.49. The van der Waals surface area contributed by atoms with Crippen molar-refractivity contribution in [2.45, 2.75) is 13.3 Å². The fourth-order valence-electron chi connectivity index (χ4n) is 2.74. The number of carbonyl (C=O) groups excluding carboxylic acids is 1. The molecule has 3 rings (SSSR count). The Morgan fingerprint density at radius 3 is 3.30 bits per heavy atom. The van der Waals surface area contributed by atoms with Crippen molar-refractivity contribution < 1.29 is 9.53 Å². The van der Waals surface area contributed by atoms with Gasteiger partial charge in [0, 0.05) is 48.9 Å². The Bertz CT molecular complexity index is 608. The highest BCUT2D eigenvalue weighted by molar-refractivity contribution is 6.04.